The Morgan fingerprint density at radius 1 is 1.00 bits per heavy atom. The zero-order valence-electron chi connectivity index (χ0n) is 17.1. The molecular formula is C22H20F3N3O3S. The number of alkyl halides is 3. The number of anilines is 1. The number of aryl methyl sites for hydroxylation is 1. The van der Waals surface area contributed by atoms with Crippen LogP contribution in [0.15, 0.2) is 59.6 Å². The number of sulfonamides is 1. The van der Waals surface area contributed by atoms with Crippen molar-refractivity contribution in [3.63, 3.8) is 0 Å². The van der Waals surface area contributed by atoms with E-state index in [1.165, 1.54) is 18.2 Å². The van der Waals surface area contributed by atoms with Crippen molar-refractivity contribution in [1.29, 1.82) is 0 Å². The first-order chi connectivity index (χ1) is 15.1. The van der Waals surface area contributed by atoms with E-state index in [0.29, 0.717) is 5.56 Å². The molecule has 168 valence electrons. The Kier molecular flexibility index (Phi) is 5.81. The Hall–Kier alpha value is -3.14. The summed E-state index contributed by atoms with van der Waals surface area (Å²) in [6.45, 7) is 1.66. The number of ether oxygens (including phenoxy) is 1. The highest BCUT2D eigenvalue weighted by atomic mass is 32.2. The molecule has 0 atom stereocenters. The average molecular weight is 463 g/mol. The number of rotatable bonds is 6. The predicted octanol–water partition coefficient (Wildman–Crippen LogP) is 5.20. The molecule has 0 bridgehead atoms. The first-order valence-corrected chi connectivity index (χ1v) is 11.4. The summed E-state index contributed by atoms with van der Waals surface area (Å²) in [6, 6.07) is 12.6. The van der Waals surface area contributed by atoms with Gasteiger partial charge in [-0.3, -0.25) is 4.72 Å². The summed E-state index contributed by atoms with van der Waals surface area (Å²) >= 11 is 0. The SMILES string of the molecule is Cc1ccccc1-c1nc(NS(=O)(=O)c2cccc(OC3CCC3)n2)ccc1C(F)(F)F. The van der Waals surface area contributed by atoms with Crippen LogP contribution in [-0.4, -0.2) is 24.5 Å². The third kappa shape index (κ3) is 4.69. The second-order valence-corrected chi connectivity index (χ2v) is 9.12. The van der Waals surface area contributed by atoms with E-state index in [1.807, 2.05) is 0 Å². The Balaban J connectivity index is 1.68. The highest BCUT2D eigenvalue weighted by molar-refractivity contribution is 7.92. The smallest absolute Gasteiger partial charge is 0.418 e. The summed E-state index contributed by atoms with van der Waals surface area (Å²) in [4.78, 5) is 8.04. The van der Waals surface area contributed by atoms with Crippen molar-refractivity contribution in [2.24, 2.45) is 0 Å². The molecular weight excluding hydrogens is 443 g/mol. The Labute approximate surface area is 183 Å². The predicted molar refractivity (Wildman–Crippen MR) is 113 cm³/mol. The number of hydrogen-bond acceptors (Lipinski definition) is 5. The summed E-state index contributed by atoms with van der Waals surface area (Å²) in [5.74, 6) is -0.0677. The van der Waals surface area contributed by atoms with Gasteiger partial charge in [-0.1, -0.05) is 30.3 Å². The number of halogens is 3. The minimum absolute atomic E-state index is 0.0154. The van der Waals surface area contributed by atoms with E-state index in [0.717, 1.165) is 31.4 Å². The van der Waals surface area contributed by atoms with Crippen molar-refractivity contribution in [3.05, 3.63) is 65.7 Å². The van der Waals surface area contributed by atoms with Gasteiger partial charge in [0.25, 0.3) is 10.0 Å². The van der Waals surface area contributed by atoms with Gasteiger partial charge >= 0.3 is 6.18 Å². The van der Waals surface area contributed by atoms with E-state index in [4.69, 9.17) is 4.74 Å². The van der Waals surface area contributed by atoms with E-state index in [9.17, 15) is 21.6 Å². The molecule has 10 heteroatoms. The van der Waals surface area contributed by atoms with Crippen LogP contribution < -0.4 is 9.46 Å². The van der Waals surface area contributed by atoms with Gasteiger partial charge in [0.1, 0.15) is 11.9 Å². The third-order valence-corrected chi connectivity index (χ3v) is 6.41. The van der Waals surface area contributed by atoms with Gasteiger partial charge in [-0.25, -0.2) is 4.98 Å². The van der Waals surface area contributed by atoms with Crippen molar-refractivity contribution in [2.45, 2.75) is 43.5 Å². The van der Waals surface area contributed by atoms with Crippen LogP contribution in [0.2, 0.25) is 0 Å². The van der Waals surface area contributed by atoms with Gasteiger partial charge < -0.3 is 4.74 Å². The quantitative estimate of drug-likeness (QED) is 0.543. The molecule has 2 heterocycles. The first kappa shape index (κ1) is 22.1. The van der Waals surface area contributed by atoms with Gasteiger partial charge in [-0.2, -0.15) is 26.6 Å². The fraction of sp³-hybridized carbons (Fsp3) is 0.273. The average Bonchev–Trinajstić information content (AvgIpc) is 2.70. The molecule has 0 saturated heterocycles. The minimum Gasteiger partial charge on any atom is -0.474 e. The minimum atomic E-state index is -4.66. The van der Waals surface area contributed by atoms with Crippen LogP contribution in [0.1, 0.15) is 30.4 Å². The van der Waals surface area contributed by atoms with E-state index >= 15 is 0 Å². The number of pyridine rings is 2. The highest BCUT2D eigenvalue weighted by Gasteiger charge is 2.35. The van der Waals surface area contributed by atoms with Crippen LogP contribution in [0, 0.1) is 6.92 Å². The van der Waals surface area contributed by atoms with Crippen LogP contribution in [0.4, 0.5) is 19.0 Å². The van der Waals surface area contributed by atoms with Crippen molar-refractivity contribution in [2.75, 3.05) is 4.72 Å². The zero-order chi connectivity index (χ0) is 22.9. The van der Waals surface area contributed by atoms with Crippen molar-refractivity contribution in [3.8, 4) is 17.1 Å². The number of nitrogens with zero attached hydrogens (tertiary/aromatic N) is 2. The standard InChI is InChI=1S/C22H20F3N3O3S/c1-14-6-2-3-9-16(14)21-17(22(23,24)25)12-13-18(26-21)28-32(29,30)20-11-5-10-19(27-20)31-15-7-4-8-15/h2-3,5-6,9-13,15H,4,7-8H2,1H3,(H,26,28). The lowest BCUT2D eigenvalue weighted by Crippen LogP contribution is -2.25. The molecule has 2 aromatic heterocycles. The molecule has 1 saturated carbocycles. The van der Waals surface area contributed by atoms with Crippen molar-refractivity contribution >= 4 is 15.8 Å². The molecule has 1 fully saturated rings. The molecule has 1 aromatic carbocycles. The Morgan fingerprint density at radius 2 is 1.75 bits per heavy atom. The molecule has 0 spiro atoms. The fourth-order valence-electron chi connectivity index (χ4n) is 3.25. The van der Waals surface area contributed by atoms with Gasteiger partial charge in [0.2, 0.25) is 5.88 Å². The lowest BCUT2D eigenvalue weighted by Gasteiger charge is -2.25. The normalized spacial score (nSPS) is 14.6. The monoisotopic (exact) mass is 463 g/mol. The lowest BCUT2D eigenvalue weighted by molar-refractivity contribution is -0.137. The van der Waals surface area contributed by atoms with Gasteiger partial charge in [-0.05, 0) is 49.9 Å². The summed E-state index contributed by atoms with van der Waals surface area (Å²) in [5, 5.41) is -0.312. The maximum absolute atomic E-state index is 13.6. The topological polar surface area (TPSA) is 81.2 Å². The van der Waals surface area contributed by atoms with Gasteiger partial charge in [0, 0.05) is 11.6 Å². The summed E-state index contributed by atoms with van der Waals surface area (Å²) in [5.41, 5.74) is -0.475. The van der Waals surface area contributed by atoms with Gasteiger partial charge in [0.15, 0.2) is 5.03 Å². The third-order valence-electron chi connectivity index (χ3n) is 5.15. The maximum atomic E-state index is 13.6. The zero-order valence-corrected chi connectivity index (χ0v) is 17.9. The molecule has 4 rings (SSSR count). The van der Waals surface area contributed by atoms with Gasteiger partial charge in [0.05, 0.1) is 11.3 Å². The second kappa shape index (κ2) is 8.42. The number of hydrogen-bond donors (Lipinski definition) is 1. The van der Waals surface area contributed by atoms with E-state index < -0.39 is 21.8 Å². The maximum Gasteiger partial charge on any atom is 0.418 e. The van der Waals surface area contributed by atoms with Crippen LogP contribution in [-0.2, 0) is 16.2 Å². The molecule has 0 aliphatic heterocycles. The molecule has 0 unspecified atom stereocenters. The molecule has 6 nitrogen and oxygen atoms in total. The number of aromatic nitrogens is 2. The van der Waals surface area contributed by atoms with Crippen LogP contribution in [0.5, 0.6) is 5.88 Å². The Bertz CT molecular complexity index is 1240. The molecule has 1 aliphatic carbocycles. The molecule has 0 amide bonds. The second-order valence-electron chi connectivity index (χ2n) is 7.50. The number of benzene rings is 1. The Morgan fingerprint density at radius 3 is 2.41 bits per heavy atom. The van der Waals surface area contributed by atoms with Crippen molar-refractivity contribution < 1.29 is 26.3 Å². The van der Waals surface area contributed by atoms with E-state index in [-0.39, 0.29) is 34.1 Å². The van der Waals surface area contributed by atoms with Crippen LogP contribution in [0.25, 0.3) is 11.3 Å². The first-order valence-electron chi connectivity index (χ1n) is 9.94. The van der Waals surface area contributed by atoms with E-state index in [2.05, 4.69) is 14.7 Å². The highest BCUT2D eigenvalue weighted by Crippen LogP contribution is 2.38. The summed E-state index contributed by atoms with van der Waals surface area (Å²) in [7, 11) is -4.20. The summed E-state index contributed by atoms with van der Waals surface area (Å²) in [6.07, 6.45) is -1.83. The molecule has 3 aromatic rings. The van der Waals surface area contributed by atoms with E-state index in [1.54, 1.807) is 31.2 Å². The van der Waals surface area contributed by atoms with Crippen molar-refractivity contribution in [1.82, 2.24) is 9.97 Å². The molecule has 1 N–H and O–H groups in total. The molecule has 32 heavy (non-hydrogen) atoms. The van der Waals surface area contributed by atoms with Crippen LogP contribution >= 0.6 is 0 Å². The molecule has 0 radical (unpaired) electrons. The van der Waals surface area contributed by atoms with Gasteiger partial charge in [-0.15, -0.1) is 0 Å². The van der Waals surface area contributed by atoms with Crippen LogP contribution in [0.3, 0.4) is 0 Å². The molecule has 1 aliphatic rings. The fourth-order valence-corrected chi connectivity index (χ4v) is 4.21. The lowest BCUT2D eigenvalue weighted by atomic mass is 9.96. The summed E-state index contributed by atoms with van der Waals surface area (Å²) < 4.78 is 74.3. The number of nitrogens with one attached hydrogen (secondary N) is 1. The largest absolute Gasteiger partial charge is 0.474 e.